The molecular formula is C25H23ClN2O4. The van der Waals surface area contributed by atoms with Crippen LogP contribution in [-0.2, 0) is 0 Å². The fraction of sp³-hybridized carbons (Fsp3) is 0.240. The van der Waals surface area contributed by atoms with Gasteiger partial charge >= 0.3 is 0 Å². The summed E-state index contributed by atoms with van der Waals surface area (Å²) in [6.45, 7) is 0. The maximum atomic E-state index is 6.47. The third kappa shape index (κ3) is 3.41. The van der Waals surface area contributed by atoms with E-state index < -0.39 is 6.23 Å². The summed E-state index contributed by atoms with van der Waals surface area (Å²) in [6.07, 6.45) is 0.321. The van der Waals surface area contributed by atoms with Gasteiger partial charge < -0.3 is 18.9 Å². The van der Waals surface area contributed by atoms with E-state index in [0.717, 1.165) is 34.6 Å². The molecule has 164 valence electrons. The van der Waals surface area contributed by atoms with E-state index in [-0.39, 0.29) is 6.04 Å². The highest BCUT2D eigenvalue weighted by Gasteiger charge is 2.42. The van der Waals surface area contributed by atoms with Crippen molar-refractivity contribution in [2.24, 2.45) is 5.10 Å². The molecule has 0 unspecified atom stereocenters. The second-order valence-corrected chi connectivity index (χ2v) is 8.05. The van der Waals surface area contributed by atoms with Gasteiger partial charge in [0.25, 0.3) is 0 Å². The molecule has 0 N–H and O–H groups in total. The van der Waals surface area contributed by atoms with E-state index in [9.17, 15) is 0 Å². The van der Waals surface area contributed by atoms with Crippen molar-refractivity contribution in [3.8, 4) is 23.0 Å². The number of ether oxygens (including phenoxy) is 4. The van der Waals surface area contributed by atoms with Gasteiger partial charge in [0, 0.05) is 28.1 Å². The molecule has 0 spiro atoms. The first kappa shape index (κ1) is 20.5. The summed E-state index contributed by atoms with van der Waals surface area (Å²) in [5, 5.41) is 7.70. The molecule has 7 heteroatoms. The normalized spacial score (nSPS) is 18.9. The quantitative estimate of drug-likeness (QED) is 0.505. The summed E-state index contributed by atoms with van der Waals surface area (Å²) in [6, 6.07) is 19.5. The van der Waals surface area contributed by atoms with Crippen molar-refractivity contribution in [1.82, 2.24) is 5.01 Å². The number of hydrazone groups is 1. The van der Waals surface area contributed by atoms with Gasteiger partial charge in [0.15, 0.2) is 23.0 Å². The smallest absolute Gasteiger partial charge is 0.214 e. The van der Waals surface area contributed by atoms with E-state index in [1.807, 2.05) is 59.6 Å². The fourth-order valence-corrected chi connectivity index (χ4v) is 4.41. The molecular weight excluding hydrogens is 428 g/mol. The average Bonchev–Trinajstić information content (AvgIpc) is 3.29. The number of hydrogen-bond donors (Lipinski definition) is 0. The summed E-state index contributed by atoms with van der Waals surface area (Å²) in [4.78, 5) is 0. The van der Waals surface area contributed by atoms with Crippen molar-refractivity contribution < 1.29 is 18.9 Å². The van der Waals surface area contributed by atoms with E-state index in [2.05, 4.69) is 6.07 Å². The predicted octanol–water partition coefficient (Wildman–Crippen LogP) is 5.61. The molecule has 0 aliphatic carbocycles. The zero-order valence-electron chi connectivity index (χ0n) is 18.0. The van der Waals surface area contributed by atoms with Crippen LogP contribution in [0.25, 0.3) is 0 Å². The first-order chi connectivity index (χ1) is 15.6. The van der Waals surface area contributed by atoms with Crippen molar-refractivity contribution in [2.45, 2.75) is 18.7 Å². The molecule has 5 rings (SSSR count). The Morgan fingerprint density at radius 1 is 0.906 bits per heavy atom. The molecule has 3 aromatic rings. The number of para-hydroxylation sites is 1. The first-order valence-electron chi connectivity index (χ1n) is 10.3. The van der Waals surface area contributed by atoms with Gasteiger partial charge in [-0.25, -0.2) is 5.01 Å². The van der Waals surface area contributed by atoms with Gasteiger partial charge in [-0.05, 0) is 36.4 Å². The maximum absolute atomic E-state index is 6.47. The Bertz CT molecular complexity index is 1180. The van der Waals surface area contributed by atoms with Gasteiger partial charge in [-0.3, -0.25) is 0 Å². The van der Waals surface area contributed by atoms with Gasteiger partial charge in [-0.1, -0.05) is 35.9 Å². The predicted molar refractivity (Wildman–Crippen MR) is 123 cm³/mol. The molecule has 2 heterocycles. The molecule has 3 aromatic carbocycles. The maximum Gasteiger partial charge on any atom is 0.214 e. The largest absolute Gasteiger partial charge is 0.493 e. The summed E-state index contributed by atoms with van der Waals surface area (Å²) in [5.74, 6) is 2.82. The highest BCUT2D eigenvalue weighted by atomic mass is 35.5. The minimum atomic E-state index is -0.404. The lowest BCUT2D eigenvalue weighted by Gasteiger charge is -2.38. The second-order valence-electron chi connectivity index (χ2n) is 7.62. The number of methoxy groups -OCH3 is 3. The number of fused-ring (bicyclic) bond motifs is 3. The molecule has 0 bridgehead atoms. The summed E-state index contributed by atoms with van der Waals surface area (Å²) in [7, 11) is 4.92. The zero-order chi connectivity index (χ0) is 22.2. The zero-order valence-corrected chi connectivity index (χ0v) is 18.8. The molecule has 2 aliphatic heterocycles. The number of hydrogen-bond acceptors (Lipinski definition) is 6. The van der Waals surface area contributed by atoms with Gasteiger partial charge in [0.05, 0.1) is 33.1 Å². The fourth-order valence-electron chi connectivity index (χ4n) is 4.28. The highest BCUT2D eigenvalue weighted by Crippen LogP contribution is 2.50. The Morgan fingerprint density at radius 2 is 1.66 bits per heavy atom. The Balaban J connectivity index is 1.60. The number of nitrogens with zero attached hydrogens (tertiary/aromatic N) is 2. The van der Waals surface area contributed by atoms with Crippen LogP contribution in [0, 0.1) is 0 Å². The summed E-state index contributed by atoms with van der Waals surface area (Å²) < 4.78 is 22.9. The summed E-state index contributed by atoms with van der Waals surface area (Å²) in [5.41, 5.74) is 3.95. The molecule has 0 fully saturated rings. The van der Waals surface area contributed by atoms with Crippen LogP contribution >= 0.6 is 11.6 Å². The average molecular weight is 451 g/mol. The van der Waals surface area contributed by atoms with E-state index in [1.165, 1.54) is 0 Å². The molecule has 0 saturated heterocycles. The highest BCUT2D eigenvalue weighted by molar-refractivity contribution is 6.30. The molecule has 2 aliphatic rings. The van der Waals surface area contributed by atoms with E-state index in [0.29, 0.717) is 22.3 Å². The van der Waals surface area contributed by atoms with Crippen LogP contribution in [0.5, 0.6) is 23.0 Å². The van der Waals surface area contributed by atoms with Crippen LogP contribution in [0.2, 0.25) is 5.02 Å². The Labute approximate surface area is 191 Å². The molecule has 32 heavy (non-hydrogen) atoms. The van der Waals surface area contributed by atoms with Crippen molar-refractivity contribution in [2.75, 3.05) is 21.3 Å². The van der Waals surface area contributed by atoms with E-state index in [4.69, 9.17) is 35.6 Å². The lowest BCUT2D eigenvalue weighted by Crippen LogP contribution is -2.33. The third-order valence-corrected chi connectivity index (χ3v) is 6.12. The lowest BCUT2D eigenvalue weighted by molar-refractivity contribution is -0.0208. The monoisotopic (exact) mass is 450 g/mol. The van der Waals surface area contributed by atoms with Crippen molar-refractivity contribution in [3.05, 3.63) is 82.4 Å². The van der Waals surface area contributed by atoms with Crippen LogP contribution in [0.4, 0.5) is 0 Å². The lowest BCUT2D eigenvalue weighted by atomic mass is 9.95. The minimum absolute atomic E-state index is 0.0117. The van der Waals surface area contributed by atoms with Crippen molar-refractivity contribution >= 4 is 17.3 Å². The van der Waals surface area contributed by atoms with Crippen LogP contribution in [0.3, 0.4) is 0 Å². The van der Waals surface area contributed by atoms with Gasteiger partial charge in [0.1, 0.15) is 0 Å². The minimum Gasteiger partial charge on any atom is -0.493 e. The molecule has 6 nitrogen and oxygen atoms in total. The summed E-state index contributed by atoms with van der Waals surface area (Å²) >= 11 is 6.12. The van der Waals surface area contributed by atoms with Crippen LogP contribution in [0.1, 0.15) is 35.4 Å². The topological polar surface area (TPSA) is 52.5 Å². The van der Waals surface area contributed by atoms with Gasteiger partial charge in [0.2, 0.25) is 6.23 Å². The Hall–Kier alpha value is -3.38. The molecule has 2 atom stereocenters. The van der Waals surface area contributed by atoms with Crippen LogP contribution < -0.4 is 18.9 Å². The number of halogens is 1. The number of benzene rings is 3. The molecule has 0 amide bonds. The van der Waals surface area contributed by atoms with Crippen molar-refractivity contribution in [1.29, 1.82) is 0 Å². The Kier molecular flexibility index (Phi) is 5.31. The van der Waals surface area contributed by atoms with Gasteiger partial charge in [-0.2, -0.15) is 5.10 Å². The standard InChI is InChI=1S/C25H23ClN2O4/c1-29-21-12-9-16(13-23(21)31-3)19-14-20-18-5-4-6-22(30-2)24(18)32-25(28(20)27-19)15-7-10-17(26)11-8-15/h4-13,20,25H,14H2,1-3H3/t20-,25-/m0/s1. The first-order valence-corrected chi connectivity index (χ1v) is 10.7. The molecule has 0 saturated carbocycles. The number of rotatable bonds is 5. The Morgan fingerprint density at radius 3 is 2.38 bits per heavy atom. The molecule has 0 radical (unpaired) electrons. The second kappa shape index (κ2) is 8.28. The third-order valence-electron chi connectivity index (χ3n) is 5.87. The SMILES string of the molecule is COc1ccc(C2=NN3[C@@H](C2)c2cccc(OC)c2O[C@H]3c2ccc(Cl)cc2)cc1OC. The van der Waals surface area contributed by atoms with Crippen LogP contribution in [0.15, 0.2) is 65.8 Å². The van der Waals surface area contributed by atoms with Crippen molar-refractivity contribution in [3.63, 3.8) is 0 Å². The van der Waals surface area contributed by atoms with E-state index >= 15 is 0 Å². The van der Waals surface area contributed by atoms with Crippen LogP contribution in [-0.4, -0.2) is 32.0 Å². The van der Waals surface area contributed by atoms with E-state index in [1.54, 1.807) is 21.3 Å². The van der Waals surface area contributed by atoms with Gasteiger partial charge in [-0.15, -0.1) is 0 Å². The molecule has 0 aromatic heterocycles.